The number of aromatic nitrogens is 1. The summed E-state index contributed by atoms with van der Waals surface area (Å²) in [4.78, 5) is 32.0. The molecule has 0 bridgehead atoms. The number of anilines is 1. The summed E-state index contributed by atoms with van der Waals surface area (Å²) in [7, 11) is 3.87. The molecule has 1 aliphatic rings. The summed E-state index contributed by atoms with van der Waals surface area (Å²) in [6.07, 6.45) is 8.10. The number of piperidine rings is 1. The topological polar surface area (TPSA) is 65.5 Å². The third-order valence-corrected chi connectivity index (χ3v) is 3.63. The number of carbonyl (C=O) groups is 2. The van der Waals surface area contributed by atoms with E-state index in [1.165, 1.54) is 18.7 Å². The number of likely N-dealkylation sites (tertiary alicyclic amines) is 1. The maximum absolute atomic E-state index is 12.3. The largest absolute Gasteiger partial charge is 0.337 e. The number of rotatable bonds is 5. The van der Waals surface area contributed by atoms with E-state index in [4.69, 9.17) is 0 Å². The summed E-state index contributed by atoms with van der Waals surface area (Å²) >= 11 is 0. The zero-order valence-electron chi connectivity index (χ0n) is 13.8. The minimum atomic E-state index is -0.205. The standard InChI is InChI=1S/C17H24N4O2/c1-20(2)10-6-7-16(22)19-14-8-9-15(18-13-14)17(23)21-11-4-3-5-12-21/h6-9,13H,3-5,10-12H2,1-2H3,(H,19,22)/b7-6+. The van der Waals surface area contributed by atoms with E-state index in [0.717, 1.165) is 25.9 Å². The molecule has 1 aromatic heterocycles. The van der Waals surface area contributed by atoms with Gasteiger partial charge in [0.15, 0.2) is 0 Å². The van der Waals surface area contributed by atoms with Gasteiger partial charge in [-0.3, -0.25) is 9.59 Å². The quantitative estimate of drug-likeness (QED) is 0.841. The van der Waals surface area contributed by atoms with Crippen molar-refractivity contribution < 1.29 is 9.59 Å². The Morgan fingerprint density at radius 2 is 2.00 bits per heavy atom. The van der Waals surface area contributed by atoms with Gasteiger partial charge < -0.3 is 15.1 Å². The molecule has 0 aromatic carbocycles. The van der Waals surface area contributed by atoms with Crippen LogP contribution in [0.5, 0.6) is 0 Å². The van der Waals surface area contributed by atoms with Crippen molar-refractivity contribution in [3.05, 3.63) is 36.2 Å². The van der Waals surface area contributed by atoms with Gasteiger partial charge in [0.05, 0.1) is 11.9 Å². The van der Waals surface area contributed by atoms with Gasteiger partial charge in [0, 0.05) is 25.7 Å². The molecule has 0 unspecified atom stereocenters. The predicted molar refractivity (Wildman–Crippen MR) is 90.3 cm³/mol. The minimum Gasteiger partial charge on any atom is -0.337 e. The molecule has 1 aromatic rings. The summed E-state index contributed by atoms with van der Waals surface area (Å²) in [5.74, 6) is -0.239. The second-order valence-electron chi connectivity index (χ2n) is 5.94. The number of nitrogens with zero attached hydrogens (tertiary/aromatic N) is 3. The van der Waals surface area contributed by atoms with E-state index in [0.29, 0.717) is 17.9 Å². The molecule has 2 amide bonds. The van der Waals surface area contributed by atoms with E-state index in [1.54, 1.807) is 18.2 Å². The number of hydrogen-bond acceptors (Lipinski definition) is 4. The SMILES string of the molecule is CN(C)C/C=C/C(=O)Nc1ccc(C(=O)N2CCCCC2)nc1. The zero-order valence-corrected chi connectivity index (χ0v) is 13.8. The lowest BCUT2D eigenvalue weighted by Crippen LogP contribution is -2.36. The molecule has 0 spiro atoms. The van der Waals surface area contributed by atoms with Crippen molar-refractivity contribution in [1.82, 2.24) is 14.8 Å². The highest BCUT2D eigenvalue weighted by atomic mass is 16.2. The van der Waals surface area contributed by atoms with Crippen LogP contribution in [-0.2, 0) is 4.79 Å². The highest BCUT2D eigenvalue weighted by Gasteiger charge is 2.18. The fourth-order valence-corrected chi connectivity index (χ4v) is 2.41. The van der Waals surface area contributed by atoms with Crippen LogP contribution in [-0.4, -0.2) is 60.3 Å². The first-order valence-electron chi connectivity index (χ1n) is 7.94. The lowest BCUT2D eigenvalue weighted by Gasteiger charge is -2.26. The normalized spacial score (nSPS) is 15.2. The van der Waals surface area contributed by atoms with Crippen molar-refractivity contribution >= 4 is 17.5 Å². The molecule has 1 saturated heterocycles. The van der Waals surface area contributed by atoms with Crippen LogP contribution in [0, 0.1) is 0 Å². The van der Waals surface area contributed by atoms with E-state index >= 15 is 0 Å². The van der Waals surface area contributed by atoms with Crippen molar-refractivity contribution in [1.29, 1.82) is 0 Å². The van der Waals surface area contributed by atoms with Gasteiger partial charge in [0.25, 0.3) is 5.91 Å². The Bertz CT molecular complexity index is 560. The first-order chi connectivity index (χ1) is 11.1. The lowest BCUT2D eigenvalue weighted by atomic mass is 10.1. The van der Waals surface area contributed by atoms with Crippen LogP contribution in [0.1, 0.15) is 29.8 Å². The number of likely N-dealkylation sites (N-methyl/N-ethyl adjacent to an activating group) is 1. The summed E-state index contributed by atoms with van der Waals surface area (Å²) in [5, 5.41) is 2.73. The number of carbonyl (C=O) groups excluding carboxylic acids is 2. The summed E-state index contributed by atoms with van der Waals surface area (Å²) in [6.45, 7) is 2.31. The monoisotopic (exact) mass is 316 g/mol. The molecular weight excluding hydrogens is 292 g/mol. The van der Waals surface area contributed by atoms with Crippen LogP contribution in [0.15, 0.2) is 30.5 Å². The van der Waals surface area contributed by atoms with Crippen LogP contribution in [0.2, 0.25) is 0 Å². The average Bonchev–Trinajstić information content (AvgIpc) is 2.55. The molecule has 1 aliphatic heterocycles. The molecule has 1 N–H and O–H groups in total. The Morgan fingerprint density at radius 1 is 1.26 bits per heavy atom. The van der Waals surface area contributed by atoms with Crippen LogP contribution in [0.3, 0.4) is 0 Å². The summed E-state index contributed by atoms with van der Waals surface area (Å²) < 4.78 is 0. The number of pyridine rings is 1. The average molecular weight is 316 g/mol. The smallest absolute Gasteiger partial charge is 0.272 e. The second kappa shape index (κ2) is 8.43. The van der Waals surface area contributed by atoms with Gasteiger partial charge >= 0.3 is 0 Å². The molecule has 23 heavy (non-hydrogen) atoms. The van der Waals surface area contributed by atoms with E-state index in [1.807, 2.05) is 23.9 Å². The van der Waals surface area contributed by atoms with Crippen molar-refractivity contribution in [2.24, 2.45) is 0 Å². The molecule has 2 heterocycles. The number of nitrogens with one attached hydrogen (secondary N) is 1. The maximum Gasteiger partial charge on any atom is 0.272 e. The van der Waals surface area contributed by atoms with Crippen molar-refractivity contribution in [3.8, 4) is 0 Å². The fraction of sp³-hybridized carbons (Fsp3) is 0.471. The molecule has 0 radical (unpaired) electrons. The minimum absolute atomic E-state index is 0.0338. The predicted octanol–water partition coefficient (Wildman–Crippen LogP) is 1.76. The molecule has 6 heteroatoms. The van der Waals surface area contributed by atoms with Gasteiger partial charge in [-0.15, -0.1) is 0 Å². The fourth-order valence-electron chi connectivity index (χ4n) is 2.41. The van der Waals surface area contributed by atoms with Crippen LogP contribution in [0.25, 0.3) is 0 Å². The third kappa shape index (κ3) is 5.49. The third-order valence-electron chi connectivity index (χ3n) is 3.63. The molecular formula is C17H24N4O2. The van der Waals surface area contributed by atoms with E-state index in [-0.39, 0.29) is 11.8 Å². The Balaban J connectivity index is 1.90. The van der Waals surface area contributed by atoms with Gasteiger partial charge in [0.2, 0.25) is 5.91 Å². The second-order valence-corrected chi connectivity index (χ2v) is 5.94. The summed E-state index contributed by atoms with van der Waals surface area (Å²) in [6, 6.07) is 3.37. The van der Waals surface area contributed by atoms with Crippen LogP contribution >= 0.6 is 0 Å². The molecule has 0 atom stereocenters. The maximum atomic E-state index is 12.3. The van der Waals surface area contributed by atoms with Gasteiger partial charge in [0.1, 0.15) is 5.69 Å². The number of hydrogen-bond donors (Lipinski definition) is 1. The Morgan fingerprint density at radius 3 is 2.61 bits per heavy atom. The van der Waals surface area contributed by atoms with Gasteiger partial charge in [-0.1, -0.05) is 6.08 Å². The van der Waals surface area contributed by atoms with Crippen molar-refractivity contribution in [3.63, 3.8) is 0 Å². The van der Waals surface area contributed by atoms with Crippen molar-refractivity contribution in [2.75, 3.05) is 39.0 Å². The summed E-state index contributed by atoms with van der Waals surface area (Å²) in [5.41, 5.74) is 1.01. The van der Waals surface area contributed by atoms with Crippen molar-refractivity contribution in [2.45, 2.75) is 19.3 Å². The van der Waals surface area contributed by atoms with E-state index in [9.17, 15) is 9.59 Å². The molecule has 2 rings (SSSR count). The molecule has 0 saturated carbocycles. The van der Waals surface area contributed by atoms with Gasteiger partial charge in [-0.05, 0) is 45.5 Å². The van der Waals surface area contributed by atoms with E-state index in [2.05, 4.69) is 10.3 Å². The zero-order chi connectivity index (χ0) is 16.7. The van der Waals surface area contributed by atoms with Gasteiger partial charge in [-0.2, -0.15) is 0 Å². The highest BCUT2D eigenvalue weighted by Crippen LogP contribution is 2.13. The molecule has 0 aliphatic carbocycles. The molecule has 124 valence electrons. The Hall–Kier alpha value is -2.21. The van der Waals surface area contributed by atoms with E-state index < -0.39 is 0 Å². The first-order valence-corrected chi connectivity index (χ1v) is 7.94. The molecule has 6 nitrogen and oxygen atoms in total. The highest BCUT2D eigenvalue weighted by molar-refractivity contribution is 5.99. The molecule has 1 fully saturated rings. The van der Waals surface area contributed by atoms with Gasteiger partial charge in [-0.25, -0.2) is 4.98 Å². The van der Waals surface area contributed by atoms with Crippen LogP contribution < -0.4 is 5.32 Å². The van der Waals surface area contributed by atoms with Crippen LogP contribution in [0.4, 0.5) is 5.69 Å². The Labute approximate surface area is 137 Å². The number of amides is 2. The first kappa shape index (κ1) is 17.1. The lowest BCUT2D eigenvalue weighted by molar-refractivity contribution is -0.111. The Kier molecular flexibility index (Phi) is 6.29.